The highest BCUT2D eigenvalue weighted by molar-refractivity contribution is 5.51. The summed E-state index contributed by atoms with van der Waals surface area (Å²) >= 11 is 0. The van der Waals surface area contributed by atoms with Crippen LogP contribution in [0.5, 0.6) is 0 Å². The second kappa shape index (κ2) is 8.17. The Morgan fingerprint density at radius 3 is 2.43 bits per heavy atom. The van der Waals surface area contributed by atoms with Crippen molar-refractivity contribution in [2.45, 2.75) is 33.2 Å². The summed E-state index contributed by atoms with van der Waals surface area (Å²) in [6.45, 7) is 18.6. The minimum atomic E-state index is 0.803. The lowest BCUT2D eigenvalue weighted by atomic mass is 10.1. The van der Waals surface area contributed by atoms with Gasteiger partial charge in [0.2, 0.25) is 0 Å². The molecule has 3 heteroatoms. The SMILES string of the molecule is [C-]#[N+]c1ccccc1CN1CCN(CCCC(C)C)CC1. The van der Waals surface area contributed by atoms with Crippen molar-refractivity contribution in [1.82, 2.24) is 9.80 Å². The highest BCUT2D eigenvalue weighted by Crippen LogP contribution is 2.20. The quantitative estimate of drug-likeness (QED) is 0.736. The Labute approximate surface area is 129 Å². The number of rotatable bonds is 6. The van der Waals surface area contributed by atoms with Gasteiger partial charge in [-0.15, -0.1) is 0 Å². The van der Waals surface area contributed by atoms with E-state index in [-0.39, 0.29) is 0 Å². The van der Waals surface area contributed by atoms with Gasteiger partial charge in [0.15, 0.2) is 5.69 Å². The lowest BCUT2D eigenvalue weighted by Gasteiger charge is -2.35. The van der Waals surface area contributed by atoms with Crippen LogP contribution in [0.2, 0.25) is 0 Å². The molecule has 1 aliphatic rings. The third-order valence-corrected chi connectivity index (χ3v) is 4.23. The highest BCUT2D eigenvalue weighted by atomic mass is 15.3. The van der Waals surface area contributed by atoms with Crippen LogP contribution in [0.4, 0.5) is 5.69 Å². The number of piperazine rings is 1. The Morgan fingerprint density at radius 2 is 1.76 bits per heavy atom. The van der Waals surface area contributed by atoms with Crippen LogP contribution in [-0.2, 0) is 6.54 Å². The molecule has 21 heavy (non-hydrogen) atoms. The van der Waals surface area contributed by atoms with Crippen molar-refractivity contribution in [1.29, 1.82) is 0 Å². The molecule has 0 amide bonds. The lowest BCUT2D eigenvalue weighted by molar-refractivity contribution is 0.125. The maximum atomic E-state index is 7.24. The fourth-order valence-electron chi connectivity index (χ4n) is 2.89. The maximum Gasteiger partial charge on any atom is 0.191 e. The lowest BCUT2D eigenvalue weighted by Crippen LogP contribution is -2.46. The normalized spacial score (nSPS) is 17.0. The fourth-order valence-corrected chi connectivity index (χ4v) is 2.89. The summed E-state index contributed by atoms with van der Waals surface area (Å²) in [6.07, 6.45) is 2.65. The summed E-state index contributed by atoms with van der Waals surface area (Å²) in [7, 11) is 0. The highest BCUT2D eigenvalue weighted by Gasteiger charge is 2.17. The van der Waals surface area contributed by atoms with E-state index in [0.29, 0.717) is 0 Å². The van der Waals surface area contributed by atoms with Gasteiger partial charge in [0, 0.05) is 32.7 Å². The fraction of sp³-hybridized carbons (Fsp3) is 0.611. The molecule has 0 aliphatic carbocycles. The molecule has 1 aromatic carbocycles. The van der Waals surface area contributed by atoms with Crippen LogP contribution in [0, 0.1) is 12.5 Å². The van der Waals surface area contributed by atoms with Crippen molar-refractivity contribution in [3.8, 4) is 0 Å². The van der Waals surface area contributed by atoms with E-state index < -0.39 is 0 Å². The molecule has 0 N–H and O–H groups in total. The van der Waals surface area contributed by atoms with Gasteiger partial charge in [0.05, 0.1) is 6.57 Å². The largest absolute Gasteiger partial charge is 0.301 e. The number of hydrogen-bond donors (Lipinski definition) is 0. The molecule has 0 aromatic heterocycles. The Morgan fingerprint density at radius 1 is 1.10 bits per heavy atom. The molecule has 1 heterocycles. The second-order valence-electron chi connectivity index (χ2n) is 6.39. The average Bonchev–Trinajstić information content (AvgIpc) is 2.49. The van der Waals surface area contributed by atoms with Crippen LogP contribution in [0.1, 0.15) is 32.3 Å². The first kappa shape index (κ1) is 16.0. The van der Waals surface area contributed by atoms with Gasteiger partial charge in [-0.3, -0.25) is 4.90 Å². The molecule has 1 aliphatic heterocycles. The molecule has 0 unspecified atom stereocenters. The monoisotopic (exact) mass is 285 g/mol. The van der Waals surface area contributed by atoms with Crippen LogP contribution in [0.15, 0.2) is 24.3 Å². The predicted octanol–water partition coefficient (Wildman–Crippen LogP) is 3.79. The summed E-state index contributed by atoms with van der Waals surface area (Å²) in [4.78, 5) is 8.68. The van der Waals surface area contributed by atoms with Crippen LogP contribution in [-0.4, -0.2) is 42.5 Å². The second-order valence-corrected chi connectivity index (χ2v) is 6.39. The first-order valence-electron chi connectivity index (χ1n) is 8.09. The summed E-state index contributed by atoms with van der Waals surface area (Å²) < 4.78 is 0. The zero-order valence-electron chi connectivity index (χ0n) is 13.4. The van der Waals surface area contributed by atoms with Gasteiger partial charge in [-0.1, -0.05) is 38.1 Å². The van der Waals surface area contributed by atoms with Crippen LogP contribution < -0.4 is 0 Å². The minimum Gasteiger partial charge on any atom is -0.301 e. The van der Waals surface area contributed by atoms with E-state index in [9.17, 15) is 0 Å². The predicted molar refractivity (Wildman–Crippen MR) is 88.5 cm³/mol. The van der Waals surface area contributed by atoms with Gasteiger partial charge in [-0.2, -0.15) is 0 Å². The van der Waals surface area contributed by atoms with Gasteiger partial charge in [-0.05, 0) is 30.9 Å². The molecule has 1 saturated heterocycles. The molecule has 2 rings (SSSR count). The van der Waals surface area contributed by atoms with E-state index in [1.165, 1.54) is 24.9 Å². The van der Waals surface area contributed by atoms with E-state index in [4.69, 9.17) is 6.57 Å². The molecule has 0 atom stereocenters. The van der Waals surface area contributed by atoms with E-state index >= 15 is 0 Å². The third kappa shape index (κ3) is 5.15. The Bertz CT molecular complexity index is 468. The Hall–Kier alpha value is -1.37. The standard InChI is InChI=1S/C18H27N3/c1-16(2)7-6-10-20-11-13-21(14-12-20)15-17-8-4-5-9-18(17)19-3/h4-5,8-9,16H,6-7,10-15H2,1-2H3. The third-order valence-electron chi connectivity index (χ3n) is 4.23. The minimum absolute atomic E-state index is 0.803. The molecule has 0 saturated carbocycles. The molecule has 1 fully saturated rings. The van der Waals surface area contributed by atoms with E-state index in [0.717, 1.165) is 44.3 Å². The number of benzene rings is 1. The van der Waals surface area contributed by atoms with Crippen LogP contribution in [0.3, 0.4) is 0 Å². The Kier molecular flexibility index (Phi) is 6.22. The van der Waals surface area contributed by atoms with Crippen molar-refractivity contribution in [2.75, 3.05) is 32.7 Å². The van der Waals surface area contributed by atoms with E-state index in [1.807, 2.05) is 18.2 Å². The van der Waals surface area contributed by atoms with E-state index in [2.05, 4.69) is 34.6 Å². The van der Waals surface area contributed by atoms with Gasteiger partial charge < -0.3 is 4.90 Å². The smallest absolute Gasteiger partial charge is 0.191 e. The molecule has 1 aromatic rings. The first-order valence-corrected chi connectivity index (χ1v) is 8.09. The van der Waals surface area contributed by atoms with Crippen molar-refractivity contribution >= 4 is 5.69 Å². The zero-order valence-corrected chi connectivity index (χ0v) is 13.4. The summed E-state index contributed by atoms with van der Waals surface area (Å²) in [5.41, 5.74) is 1.97. The molecule has 0 radical (unpaired) electrons. The van der Waals surface area contributed by atoms with Crippen molar-refractivity contribution < 1.29 is 0 Å². The summed E-state index contributed by atoms with van der Waals surface area (Å²) in [5, 5.41) is 0. The van der Waals surface area contributed by atoms with Gasteiger partial charge in [0.25, 0.3) is 0 Å². The molecule has 0 spiro atoms. The molecular weight excluding hydrogens is 258 g/mol. The van der Waals surface area contributed by atoms with Crippen molar-refractivity contribution in [3.63, 3.8) is 0 Å². The molecule has 0 bridgehead atoms. The topological polar surface area (TPSA) is 10.8 Å². The average molecular weight is 285 g/mol. The van der Waals surface area contributed by atoms with Crippen molar-refractivity contribution in [2.24, 2.45) is 5.92 Å². The number of para-hydroxylation sites is 1. The van der Waals surface area contributed by atoms with Gasteiger partial charge in [-0.25, -0.2) is 4.85 Å². The first-order chi connectivity index (χ1) is 10.2. The zero-order chi connectivity index (χ0) is 15.1. The van der Waals surface area contributed by atoms with Gasteiger partial charge in [0.1, 0.15) is 0 Å². The maximum absolute atomic E-state index is 7.24. The summed E-state index contributed by atoms with van der Waals surface area (Å²) in [6, 6.07) is 7.99. The number of nitrogens with zero attached hydrogens (tertiary/aromatic N) is 3. The number of hydrogen-bond acceptors (Lipinski definition) is 2. The van der Waals surface area contributed by atoms with Crippen LogP contribution >= 0.6 is 0 Å². The molecule has 3 nitrogen and oxygen atoms in total. The van der Waals surface area contributed by atoms with E-state index in [1.54, 1.807) is 0 Å². The summed E-state index contributed by atoms with van der Waals surface area (Å²) in [5.74, 6) is 0.816. The van der Waals surface area contributed by atoms with Crippen molar-refractivity contribution in [3.05, 3.63) is 41.2 Å². The van der Waals surface area contributed by atoms with Crippen LogP contribution in [0.25, 0.3) is 4.85 Å². The van der Waals surface area contributed by atoms with Gasteiger partial charge >= 0.3 is 0 Å². The Balaban J connectivity index is 1.75. The molecular formula is C18H27N3. The molecule has 114 valence electrons.